The summed E-state index contributed by atoms with van der Waals surface area (Å²) in [4.78, 5) is 0. The van der Waals surface area contributed by atoms with Crippen LogP contribution >= 0.6 is 27.5 Å². The predicted octanol–water partition coefficient (Wildman–Crippen LogP) is 4.30. The molecule has 0 radical (unpaired) electrons. The second-order valence-electron chi connectivity index (χ2n) is 4.10. The van der Waals surface area contributed by atoms with E-state index in [0.717, 1.165) is 16.8 Å². The van der Waals surface area contributed by atoms with E-state index in [-0.39, 0.29) is 0 Å². The number of halogens is 2. The SMILES string of the molecule is CC(C)(CBr)Cc1ccc(Cl)cc1. The Balaban J connectivity index is 2.69. The molecule has 0 aromatic heterocycles. The average Bonchev–Trinajstić information content (AvgIpc) is 2.09. The van der Waals surface area contributed by atoms with Crippen LogP contribution < -0.4 is 0 Å². The van der Waals surface area contributed by atoms with Crippen molar-refractivity contribution < 1.29 is 0 Å². The predicted molar refractivity (Wildman–Crippen MR) is 62.7 cm³/mol. The molecule has 0 aliphatic rings. The molecule has 1 aromatic carbocycles. The molecule has 0 unspecified atom stereocenters. The molecule has 0 bridgehead atoms. The van der Waals surface area contributed by atoms with Crippen LogP contribution in [0.5, 0.6) is 0 Å². The van der Waals surface area contributed by atoms with Gasteiger partial charge < -0.3 is 0 Å². The Bertz CT molecular complexity index is 264. The summed E-state index contributed by atoms with van der Waals surface area (Å²) in [7, 11) is 0. The summed E-state index contributed by atoms with van der Waals surface area (Å²) in [5.41, 5.74) is 1.65. The van der Waals surface area contributed by atoms with Crippen molar-refractivity contribution >= 4 is 27.5 Å². The molecule has 1 aromatic rings. The molecular weight excluding hydrogens is 247 g/mol. The third-order valence-electron chi connectivity index (χ3n) is 1.96. The summed E-state index contributed by atoms with van der Waals surface area (Å²) in [5.74, 6) is 0. The number of hydrogen-bond acceptors (Lipinski definition) is 0. The van der Waals surface area contributed by atoms with Crippen LogP contribution in [0.1, 0.15) is 19.4 Å². The fourth-order valence-electron chi connectivity index (χ4n) is 1.20. The van der Waals surface area contributed by atoms with E-state index in [1.54, 1.807) is 0 Å². The van der Waals surface area contributed by atoms with Crippen LogP contribution in [0.15, 0.2) is 24.3 Å². The van der Waals surface area contributed by atoms with Crippen molar-refractivity contribution in [2.45, 2.75) is 20.3 Å². The zero-order valence-corrected chi connectivity index (χ0v) is 10.3. The largest absolute Gasteiger partial charge is 0.0922 e. The van der Waals surface area contributed by atoms with E-state index in [4.69, 9.17) is 11.6 Å². The van der Waals surface area contributed by atoms with Crippen LogP contribution in [-0.4, -0.2) is 5.33 Å². The van der Waals surface area contributed by atoms with Gasteiger partial charge in [0, 0.05) is 10.4 Å². The van der Waals surface area contributed by atoms with Crippen LogP contribution in [0.25, 0.3) is 0 Å². The topological polar surface area (TPSA) is 0 Å². The molecule has 0 amide bonds. The fraction of sp³-hybridized carbons (Fsp3) is 0.455. The zero-order valence-electron chi connectivity index (χ0n) is 7.98. The Morgan fingerprint density at radius 1 is 1.23 bits per heavy atom. The Hall–Kier alpha value is -0.0100. The van der Waals surface area contributed by atoms with Gasteiger partial charge in [0.25, 0.3) is 0 Å². The first-order valence-electron chi connectivity index (χ1n) is 4.34. The lowest BCUT2D eigenvalue weighted by Gasteiger charge is -2.21. The summed E-state index contributed by atoms with van der Waals surface area (Å²) < 4.78 is 0. The quantitative estimate of drug-likeness (QED) is 0.712. The zero-order chi connectivity index (χ0) is 9.90. The highest BCUT2D eigenvalue weighted by molar-refractivity contribution is 9.09. The van der Waals surface area contributed by atoms with Gasteiger partial charge in [-0.2, -0.15) is 0 Å². The maximum absolute atomic E-state index is 5.81. The maximum Gasteiger partial charge on any atom is 0.0406 e. The molecule has 2 heteroatoms. The first-order valence-corrected chi connectivity index (χ1v) is 5.84. The summed E-state index contributed by atoms with van der Waals surface area (Å²) in [6.07, 6.45) is 1.08. The lowest BCUT2D eigenvalue weighted by molar-refractivity contribution is 0.425. The Labute approximate surface area is 93.4 Å². The third-order valence-corrected chi connectivity index (χ3v) is 3.73. The van der Waals surface area contributed by atoms with Gasteiger partial charge in [-0.15, -0.1) is 0 Å². The van der Waals surface area contributed by atoms with Crippen molar-refractivity contribution in [3.8, 4) is 0 Å². The Morgan fingerprint density at radius 3 is 2.23 bits per heavy atom. The minimum absolute atomic E-state index is 0.313. The lowest BCUT2D eigenvalue weighted by Crippen LogP contribution is -2.16. The van der Waals surface area contributed by atoms with Gasteiger partial charge >= 0.3 is 0 Å². The van der Waals surface area contributed by atoms with E-state index >= 15 is 0 Å². The third kappa shape index (κ3) is 3.70. The number of rotatable bonds is 3. The minimum atomic E-state index is 0.313. The molecular formula is C11H14BrCl. The van der Waals surface area contributed by atoms with Crippen molar-refractivity contribution in [1.29, 1.82) is 0 Å². The van der Waals surface area contributed by atoms with E-state index in [2.05, 4.69) is 41.9 Å². The lowest BCUT2D eigenvalue weighted by atomic mass is 9.88. The van der Waals surface area contributed by atoms with Crippen molar-refractivity contribution in [3.63, 3.8) is 0 Å². The van der Waals surface area contributed by atoms with Crippen LogP contribution in [0.4, 0.5) is 0 Å². The first kappa shape index (κ1) is 11.1. The van der Waals surface area contributed by atoms with E-state index in [1.165, 1.54) is 5.56 Å². The molecule has 0 N–H and O–H groups in total. The summed E-state index contributed by atoms with van der Waals surface area (Å²) in [6.45, 7) is 4.49. The van der Waals surface area contributed by atoms with Gasteiger partial charge in [-0.05, 0) is 29.5 Å². The van der Waals surface area contributed by atoms with Crippen molar-refractivity contribution in [1.82, 2.24) is 0 Å². The molecule has 13 heavy (non-hydrogen) atoms. The summed E-state index contributed by atoms with van der Waals surface area (Å²) in [6, 6.07) is 8.07. The molecule has 72 valence electrons. The highest BCUT2D eigenvalue weighted by atomic mass is 79.9. The molecule has 0 nitrogen and oxygen atoms in total. The molecule has 0 saturated heterocycles. The van der Waals surface area contributed by atoms with Crippen LogP contribution in [0.3, 0.4) is 0 Å². The van der Waals surface area contributed by atoms with E-state index in [1.807, 2.05) is 12.1 Å². The van der Waals surface area contributed by atoms with Crippen LogP contribution in [-0.2, 0) is 6.42 Å². The molecule has 0 aliphatic heterocycles. The van der Waals surface area contributed by atoms with Gasteiger partial charge in [-0.25, -0.2) is 0 Å². The summed E-state index contributed by atoms with van der Waals surface area (Å²) in [5, 5.41) is 1.82. The standard InChI is InChI=1S/C11H14BrCl/c1-11(2,8-12)7-9-3-5-10(13)6-4-9/h3-6H,7-8H2,1-2H3. The smallest absolute Gasteiger partial charge is 0.0406 e. The molecule has 0 spiro atoms. The second kappa shape index (κ2) is 4.47. The minimum Gasteiger partial charge on any atom is -0.0922 e. The van der Waals surface area contributed by atoms with Crippen LogP contribution in [0, 0.1) is 5.41 Å². The highest BCUT2D eigenvalue weighted by Crippen LogP contribution is 2.24. The van der Waals surface area contributed by atoms with Crippen molar-refractivity contribution in [2.24, 2.45) is 5.41 Å². The normalized spacial score (nSPS) is 11.7. The van der Waals surface area contributed by atoms with Crippen LogP contribution in [0.2, 0.25) is 5.02 Å². The molecule has 1 rings (SSSR count). The second-order valence-corrected chi connectivity index (χ2v) is 5.10. The van der Waals surface area contributed by atoms with Gasteiger partial charge in [0.05, 0.1) is 0 Å². The average molecular weight is 262 g/mol. The van der Waals surface area contributed by atoms with E-state index in [0.29, 0.717) is 5.41 Å². The molecule has 0 fully saturated rings. The van der Waals surface area contributed by atoms with Gasteiger partial charge in [0.1, 0.15) is 0 Å². The number of alkyl halides is 1. The Morgan fingerprint density at radius 2 is 1.77 bits per heavy atom. The van der Waals surface area contributed by atoms with Gasteiger partial charge in [-0.3, -0.25) is 0 Å². The highest BCUT2D eigenvalue weighted by Gasteiger charge is 2.16. The summed E-state index contributed by atoms with van der Waals surface area (Å²) >= 11 is 9.32. The monoisotopic (exact) mass is 260 g/mol. The van der Waals surface area contributed by atoms with Gasteiger partial charge in [0.15, 0.2) is 0 Å². The number of benzene rings is 1. The van der Waals surface area contributed by atoms with Gasteiger partial charge in [-0.1, -0.05) is 53.5 Å². The maximum atomic E-state index is 5.81. The van der Waals surface area contributed by atoms with E-state index < -0.39 is 0 Å². The Kier molecular flexibility index (Phi) is 3.81. The van der Waals surface area contributed by atoms with E-state index in [9.17, 15) is 0 Å². The molecule has 0 aliphatic carbocycles. The molecule has 0 atom stereocenters. The first-order chi connectivity index (χ1) is 6.03. The number of hydrogen-bond donors (Lipinski definition) is 0. The fourth-order valence-corrected chi connectivity index (χ4v) is 1.53. The molecule has 0 heterocycles. The molecule has 0 saturated carbocycles. The van der Waals surface area contributed by atoms with Gasteiger partial charge in [0.2, 0.25) is 0 Å². The van der Waals surface area contributed by atoms with Crippen molar-refractivity contribution in [2.75, 3.05) is 5.33 Å². The van der Waals surface area contributed by atoms with Crippen molar-refractivity contribution in [3.05, 3.63) is 34.9 Å².